The van der Waals surface area contributed by atoms with Gasteiger partial charge in [0.2, 0.25) is 0 Å². The third-order valence-electron chi connectivity index (χ3n) is 3.35. The second-order valence-corrected chi connectivity index (χ2v) is 6.40. The van der Waals surface area contributed by atoms with Gasteiger partial charge in [0, 0.05) is 13.0 Å². The number of nitrogens with zero attached hydrogens (tertiary/aromatic N) is 2. The first-order chi connectivity index (χ1) is 9.81. The molecule has 0 aliphatic heterocycles. The van der Waals surface area contributed by atoms with Crippen LogP contribution in [0.1, 0.15) is 40.4 Å². The van der Waals surface area contributed by atoms with Crippen LogP contribution in [-0.4, -0.2) is 21.1 Å². The minimum atomic E-state index is -0.448. The smallest absolute Gasteiger partial charge is 0.309 e. The number of aryl methyl sites for hydroxylation is 1. The van der Waals surface area contributed by atoms with Gasteiger partial charge in [-0.05, 0) is 39.8 Å². The molecule has 0 spiro atoms. The Bertz CT molecular complexity index is 638. The van der Waals surface area contributed by atoms with Crippen LogP contribution >= 0.6 is 0 Å². The summed E-state index contributed by atoms with van der Waals surface area (Å²) in [5.74, 6) is 0.570. The molecule has 0 bridgehead atoms. The molecule has 4 nitrogen and oxygen atoms in total. The molecule has 21 heavy (non-hydrogen) atoms. The number of carbonyl (C=O) groups is 1. The van der Waals surface area contributed by atoms with Gasteiger partial charge in [0.05, 0.1) is 17.0 Å². The van der Waals surface area contributed by atoms with Crippen LogP contribution in [0.5, 0.6) is 0 Å². The van der Waals surface area contributed by atoms with Crippen molar-refractivity contribution in [2.24, 2.45) is 5.92 Å². The van der Waals surface area contributed by atoms with Gasteiger partial charge >= 0.3 is 5.97 Å². The maximum atomic E-state index is 12.1. The fraction of sp³-hybridized carbons (Fsp3) is 0.529. The van der Waals surface area contributed by atoms with Gasteiger partial charge in [-0.15, -0.1) is 0 Å². The van der Waals surface area contributed by atoms with E-state index in [0.29, 0.717) is 6.42 Å². The third kappa shape index (κ3) is 3.63. The molecule has 0 saturated heterocycles. The van der Waals surface area contributed by atoms with Gasteiger partial charge in [0.25, 0.3) is 0 Å². The molecule has 0 N–H and O–H groups in total. The van der Waals surface area contributed by atoms with Crippen molar-refractivity contribution < 1.29 is 9.53 Å². The molecule has 1 unspecified atom stereocenters. The number of ether oxygens (including phenoxy) is 1. The molecule has 4 heteroatoms. The number of carbonyl (C=O) groups excluding carboxylic acids is 1. The number of rotatable bonds is 4. The van der Waals surface area contributed by atoms with Gasteiger partial charge < -0.3 is 9.30 Å². The van der Waals surface area contributed by atoms with Crippen LogP contribution in [-0.2, 0) is 22.5 Å². The largest absolute Gasteiger partial charge is 0.460 e. The highest BCUT2D eigenvalue weighted by Crippen LogP contribution is 2.20. The summed E-state index contributed by atoms with van der Waals surface area (Å²) in [6.45, 7) is 10.5. The zero-order valence-electron chi connectivity index (χ0n) is 13.5. The molecule has 2 rings (SSSR count). The van der Waals surface area contributed by atoms with E-state index in [-0.39, 0.29) is 11.9 Å². The highest BCUT2D eigenvalue weighted by Gasteiger charge is 2.23. The molecule has 0 amide bonds. The minimum Gasteiger partial charge on any atom is -0.460 e. The van der Waals surface area contributed by atoms with Gasteiger partial charge in [0.15, 0.2) is 0 Å². The van der Waals surface area contributed by atoms with Crippen LogP contribution < -0.4 is 0 Å². The maximum absolute atomic E-state index is 12.1. The van der Waals surface area contributed by atoms with Crippen LogP contribution in [0.15, 0.2) is 24.3 Å². The summed E-state index contributed by atoms with van der Waals surface area (Å²) >= 11 is 0. The first-order valence-corrected chi connectivity index (χ1v) is 7.49. The molecular formula is C17H24N2O2. The van der Waals surface area contributed by atoms with E-state index < -0.39 is 5.60 Å². The number of aromatic nitrogens is 2. The van der Waals surface area contributed by atoms with E-state index in [1.165, 1.54) is 0 Å². The Hall–Kier alpha value is -1.84. The quantitative estimate of drug-likeness (QED) is 0.808. The van der Waals surface area contributed by atoms with Crippen LogP contribution in [0.4, 0.5) is 0 Å². The summed E-state index contributed by atoms with van der Waals surface area (Å²) in [5, 5.41) is 0. The molecule has 0 aliphatic carbocycles. The molecule has 0 saturated carbocycles. The molecular weight excluding hydrogens is 264 g/mol. The summed E-state index contributed by atoms with van der Waals surface area (Å²) in [7, 11) is 0. The predicted octanol–water partition coefficient (Wildman–Crippen LogP) is 3.58. The van der Waals surface area contributed by atoms with E-state index >= 15 is 0 Å². The van der Waals surface area contributed by atoms with Gasteiger partial charge in [-0.3, -0.25) is 4.79 Å². The lowest BCUT2D eigenvalue weighted by Gasteiger charge is -2.22. The zero-order valence-corrected chi connectivity index (χ0v) is 13.5. The predicted molar refractivity (Wildman–Crippen MR) is 84.1 cm³/mol. The van der Waals surface area contributed by atoms with Crippen LogP contribution in [0.2, 0.25) is 0 Å². The van der Waals surface area contributed by atoms with E-state index in [2.05, 4.69) is 22.5 Å². The normalized spacial score (nSPS) is 13.4. The van der Waals surface area contributed by atoms with E-state index in [9.17, 15) is 4.79 Å². The van der Waals surface area contributed by atoms with Gasteiger partial charge in [-0.2, -0.15) is 0 Å². The first kappa shape index (κ1) is 15.5. The fourth-order valence-corrected chi connectivity index (χ4v) is 2.39. The molecule has 1 atom stereocenters. The Kier molecular flexibility index (Phi) is 4.35. The number of hydrogen-bond acceptors (Lipinski definition) is 3. The monoisotopic (exact) mass is 288 g/mol. The highest BCUT2D eigenvalue weighted by molar-refractivity contribution is 5.76. The minimum absolute atomic E-state index is 0.169. The van der Waals surface area contributed by atoms with Gasteiger partial charge in [0.1, 0.15) is 11.4 Å². The molecule has 1 heterocycles. The summed E-state index contributed by atoms with van der Waals surface area (Å²) in [6.07, 6.45) is 0.595. The third-order valence-corrected chi connectivity index (χ3v) is 3.35. The van der Waals surface area contributed by atoms with Crippen LogP contribution in [0.3, 0.4) is 0 Å². The number of esters is 1. The number of benzene rings is 1. The Morgan fingerprint density at radius 3 is 2.62 bits per heavy atom. The number of fused-ring (bicyclic) bond motifs is 1. The van der Waals surface area contributed by atoms with Crippen molar-refractivity contribution in [1.29, 1.82) is 0 Å². The summed E-state index contributed by atoms with van der Waals surface area (Å²) < 4.78 is 7.61. The summed E-state index contributed by atoms with van der Waals surface area (Å²) in [5.41, 5.74) is 1.65. The number of hydrogen-bond donors (Lipinski definition) is 0. The standard InChI is InChI=1S/C17H24N2O2/c1-6-19-14-10-8-7-9-13(14)18-15(19)11-12(2)16(20)21-17(3,4)5/h7-10,12H,6,11H2,1-5H3. The molecule has 0 aliphatic rings. The average Bonchev–Trinajstić information content (AvgIpc) is 2.73. The average molecular weight is 288 g/mol. The van der Waals surface area contributed by atoms with Crippen molar-refractivity contribution in [1.82, 2.24) is 9.55 Å². The second-order valence-electron chi connectivity index (χ2n) is 6.40. The maximum Gasteiger partial charge on any atom is 0.309 e. The molecule has 1 aromatic heterocycles. The van der Waals surface area contributed by atoms with E-state index in [4.69, 9.17) is 4.74 Å². The molecule has 2 aromatic rings. The molecule has 114 valence electrons. The number of para-hydroxylation sites is 2. The van der Waals surface area contributed by atoms with Gasteiger partial charge in [-0.25, -0.2) is 4.98 Å². The lowest BCUT2D eigenvalue weighted by molar-refractivity contribution is -0.159. The van der Waals surface area contributed by atoms with Crippen molar-refractivity contribution >= 4 is 17.0 Å². The highest BCUT2D eigenvalue weighted by atomic mass is 16.6. The van der Waals surface area contributed by atoms with Crippen molar-refractivity contribution in [3.05, 3.63) is 30.1 Å². The zero-order chi connectivity index (χ0) is 15.6. The van der Waals surface area contributed by atoms with Crippen LogP contribution in [0.25, 0.3) is 11.0 Å². The van der Waals surface area contributed by atoms with Crippen molar-refractivity contribution in [2.45, 2.75) is 53.2 Å². The van der Waals surface area contributed by atoms with E-state index in [0.717, 1.165) is 23.4 Å². The van der Waals surface area contributed by atoms with E-state index in [1.54, 1.807) is 0 Å². The van der Waals surface area contributed by atoms with Crippen molar-refractivity contribution in [2.75, 3.05) is 0 Å². The number of imidazole rings is 1. The van der Waals surface area contributed by atoms with Crippen LogP contribution in [0, 0.1) is 5.92 Å². The van der Waals surface area contributed by atoms with Crippen molar-refractivity contribution in [3.63, 3.8) is 0 Å². The van der Waals surface area contributed by atoms with Gasteiger partial charge in [-0.1, -0.05) is 19.1 Å². The first-order valence-electron chi connectivity index (χ1n) is 7.49. The second kappa shape index (κ2) is 5.88. The Balaban J connectivity index is 2.21. The molecule has 1 aromatic carbocycles. The van der Waals surface area contributed by atoms with Crippen molar-refractivity contribution in [3.8, 4) is 0 Å². The lowest BCUT2D eigenvalue weighted by atomic mass is 10.1. The SMILES string of the molecule is CCn1c(CC(C)C(=O)OC(C)(C)C)nc2ccccc21. The Labute approximate surface area is 126 Å². The summed E-state index contributed by atoms with van der Waals surface area (Å²) in [6, 6.07) is 8.06. The lowest BCUT2D eigenvalue weighted by Crippen LogP contribution is -2.29. The molecule has 0 radical (unpaired) electrons. The summed E-state index contributed by atoms with van der Waals surface area (Å²) in [4.78, 5) is 16.8. The molecule has 0 fully saturated rings. The van der Waals surface area contributed by atoms with E-state index in [1.807, 2.05) is 45.9 Å². The topological polar surface area (TPSA) is 44.1 Å². The Morgan fingerprint density at radius 1 is 1.33 bits per heavy atom. The Morgan fingerprint density at radius 2 is 2.00 bits per heavy atom. The fourth-order valence-electron chi connectivity index (χ4n) is 2.39.